The van der Waals surface area contributed by atoms with E-state index >= 15 is 0 Å². The standard InChI is InChI=1S/C28H23N7O2S2/c1-16-9-11-17(12-10-16)24-19(14-30)26(31)35(21-7-4-8-22(36)25(21)24)27-33-34-28(39-27)38-15-23(37)32-20-6-3-2-5-18(20)13-29/h2-3,5-6,9-12,24H,4,7-8,15,31H2,1H3,(H,32,37). The summed E-state index contributed by atoms with van der Waals surface area (Å²) in [5, 5.41) is 31.1. The number of thioether (sulfide) groups is 1. The fraction of sp³-hybridized carbons (Fsp3) is 0.214. The molecule has 0 saturated heterocycles. The molecule has 2 heterocycles. The summed E-state index contributed by atoms with van der Waals surface area (Å²) in [6.45, 7) is 1.98. The van der Waals surface area contributed by atoms with Crippen molar-refractivity contribution in [3.05, 3.63) is 87.9 Å². The molecule has 39 heavy (non-hydrogen) atoms. The minimum absolute atomic E-state index is 0.000472. The average Bonchev–Trinajstić information content (AvgIpc) is 3.40. The van der Waals surface area contributed by atoms with Gasteiger partial charge in [-0.1, -0.05) is 65.1 Å². The monoisotopic (exact) mass is 553 g/mol. The summed E-state index contributed by atoms with van der Waals surface area (Å²) >= 11 is 2.43. The van der Waals surface area contributed by atoms with Crippen LogP contribution >= 0.6 is 23.1 Å². The Balaban J connectivity index is 1.41. The number of Topliss-reactive ketones (excluding diaryl/α,β-unsaturated/α-hetero) is 1. The second-order valence-corrected chi connectivity index (χ2v) is 11.3. The van der Waals surface area contributed by atoms with E-state index in [0.29, 0.717) is 51.1 Å². The first-order valence-corrected chi connectivity index (χ1v) is 14.0. The van der Waals surface area contributed by atoms with Crippen LogP contribution in [-0.2, 0) is 9.59 Å². The Morgan fingerprint density at radius 1 is 1.15 bits per heavy atom. The lowest BCUT2D eigenvalue weighted by molar-refractivity contribution is -0.116. The number of para-hydroxylation sites is 1. The van der Waals surface area contributed by atoms with Crippen LogP contribution in [0, 0.1) is 29.6 Å². The Morgan fingerprint density at radius 2 is 1.92 bits per heavy atom. The predicted molar refractivity (Wildman–Crippen MR) is 150 cm³/mol. The Hall–Kier alpha value is -4.45. The van der Waals surface area contributed by atoms with E-state index in [0.717, 1.165) is 16.8 Å². The van der Waals surface area contributed by atoms with E-state index in [1.807, 2.05) is 31.2 Å². The number of nitriles is 2. The Bertz CT molecular complexity index is 1610. The number of nitrogens with zero attached hydrogens (tertiary/aromatic N) is 5. The number of allylic oxidation sites excluding steroid dienone is 3. The van der Waals surface area contributed by atoms with E-state index in [1.54, 1.807) is 29.2 Å². The summed E-state index contributed by atoms with van der Waals surface area (Å²) in [5.74, 6) is -0.523. The van der Waals surface area contributed by atoms with Gasteiger partial charge in [0.25, 0.3) is 0 Å². The molecule has 1 aromatic heterocycles. The van der Waals surface area contributed by atoms with E-state index in [-0.39, 0.29) is 23.3 Å². The molecular formula is C28H23N7O2S2. The number of hydrogen-bond donors (Lipinski definition) is 2. The average molecular weight is 554 g/mol. The number of nitrogens with two attached hydrogens (primary N) is 1. The second kappa shape index (κ2) is 11.1. The smallest absolute Gasteiger partial charge is 0.234 e. The zero-order chi connectivity index (χ0) is 27.5. The van der Waals surface area contributed by atoms with Crippen molar-refractivity contribution >= 4 is 45.6 Å². The summed E-state index contributed by atoms with van der Waals surface area (Å²) < 4.78 is 0.532. The highest BCUT2D eigenvalue weighted by Gasteiger charge is 2.41. The minimum atomic E-state index is -0.531. The third-order valence-electron chi connectivity index (χ3n) is 6.56. The maximum absolute atomic E-state index is 13.2. The summed E-state index contributed by atoms with van der Waals surface area (Å²) in [6, 6.07) is 18.9. The molecular weight excluding hydrogens is 530 g/mol. The van der Waals surface area contributed by atoms with Gasteiger partial charge >= 0.3 is 0 Å². The highest BCUT2D eigenvalue weighted by Crippen LogP contribution is 2.47. The Labute approximate surface area is 233 Å². The molecule has 0 radical (unpaired) electrons. The molecule has 1 unspecified atom stereocenters. The van der Waals surface area contributed by atoms with Gasteiger partial charge < -0.3 is 11.1 Å². The molecule has 0 fully saturated rings. The highest BCUT2D eigenvalue weighted by atomic mass is 32.2. The van der Waals surface area contributed by atoms with Gasteiger partial charge in [-0.2, -0.15) is 10.5 Å². The Morgan fingerprint density at radius 3 is 2.67 bits per heavy atom. The molecule has 1 aliphatic carbocycles. The molecule has 0 bridgehead atoms. The fourth-order valence-electron chi connectivity index (χ4n) is 4.75. The lowest BCUT2D eigenvalue weighted by atomic mass is 9.75. The van der Waals surface area contributed by atoms with Gasteiger partial charge in [0.2, 0.25) is 11.0 Å². The van der Waals surface area contributed by atoms with Crippen molar-refractivity contribution < 1.29 is 9.59 Å². The normalized spacial score (nSPS) is 16.9. The van der Waals surface area contributed by atoms with Crippen molar-refractivity contribution in [2.45, 2.75) is 36.4 Å². The number of aromatic nitrogens is 2. The second-order valence-electron chi connectivity index (χ2n) is 9.07. The van der Waals surface area contributed by atoms with Gasteiger partial charge in [-0.25, -0.2) is 0 Å². The minimum Gasteiger partial charge on any atom is -0.384 e. The van der Waals surface area contributed by atoms with Gasteiger partial charge in [-0.3, -0.25) is 14.5 Å². The molecule has 1 atom stereocenters. The summed E-state index contributed by atoms with van der Waals surface area (Å²) in [5.41, 5.74) is 11.0. The van der Waals surface area contributed by atoms with Gasteiger partial charge in [-0.05, 0) is 37.5 Å². The molecule has 11 heteroatoms. The lowest BCUT2D eigenvalue weighted by Gasteiger charge is -2.38. The van der Waals surface area contributed by atoms with Crippen molar-refractivity contribution in [3.63, 3.8) is 0 Å². The van der Waals surface area contributed by atoms with Crippen molar-refractivity contribution in [2.24, 2.45) is 5.73 Å². The topological polar surface area (TPSA) is 149 Å². The van der Waals surface area contributed by atoms with Crippen LogP contribution in [0.3, 0.4) is 0 Å². The SMILES string of the molecule is Cc1ccc(C2C(C#N)=C(N)N(c3nnc(SCC(=O)Nc4ccccc4C#N)s3)C3=C2C(=O)CCC3)cc1. The molecule has 194 valence electrons. The third-order valence-corrected chi connectivity index (χ3v) is 8.60. The molecule has 0 spiro atoms. The summed E-state index contributed by atoms with van der Waals surface area (Å²) in [6.07, 6.45) is 1.70. The zero-order valence-corrected chi connectivity index (χ0v) is 22.6. The van der Waals surface area contributed by atoms with E-state index in [4.69, 9.17) is 5.73 Å². The maximum Gasteiger partial charge on any atom is 0.234 e. The number of anilines is 2. The van der Waals surface area contributed by atoms with Gasteiger partial charge in [-0.15, -0.1) is 10.2 Å². The molecule has 0 saturated carbocycles. The number of rotatable bonds is 6. The molecule has 2 aromatic carbocycles. The van der Waals surface area contributed by atoms with Crippen LogP contribution in [0.25, 0.3) is 0 Å². The van der Waals surface area contributed by atoms with Gasteiger partial charge in [0.15, 0.2) is 10.1 Å². The largest absolute Gasteiger partial charge is 0.384 e. The zero-order valence-electron chi connectivity index (χ0n) is 21.0. The van der Waals surface area contributed by atoms with Crippen LogP contribution < -0.4 is 16.0 Å². The number of hydrogen-bond acceptors (Lipinski definition) is 10. The lowest BCUT2D eigenvalue weighted by Crippen LogP contribution is -2.38. The van der Waals surface area contributed by atoms with Crippen LogP contribution in [0.2, 0.25) is 0 Å². The van der Waals surface area contributed by atoms with Crippen molar-refractivity contribution in [1.29, 1.82) is 10.5 Å². The van der Waals surface area contributed by atoms with Gasteiger partial charge in [0, 0.05) is 17.7 Å². The van der Waals surface area contributed by atoms with Crippen LogP contribution in [0.4, 0.5) is 10.8 Å². The third kappa shape index (κ3) is 5.15. The molecule has 2 aliphatic rings. The van der Waals surface area contributed by atoms with Crippen molar-refractivity contribution in [2.75, 3.05) is 16.0 Å². The van der Waals surface area contributed by atoms with Crippen LogP contribution in [0.1, 0.15) is 41.9 Å². The predicted octanol–water partition coefficient (Wildman–Crippen LogP) is 4.75. The molecule has 1 aliphatic heterocycles. The number of aryl methyl sites for hydroxylation is 1. The van der Waals surface area contributed by atoms with Gasteiger partial charge in [0.05, 0.1) is 34.6 Å². The highest BCUT2D eigenvalue weighted by molar-refractivity contribution is 8.01. The molecule has 9 nitrogen and oxygen atoms in total. The first kappa shape index (κ1) is 26.2. The molecule has 3 N–H and O–H groups in total. The quantitative estimate of drug-likeness (QED) is 0.412. The van der Waals surface area contributed by atoms with E-state index < -0.39 is 5.92 Å². The maximum atomic E-state index is 13.2. The summed E-state index contributed by atoms with van der Waals surface area (Å²) in [7, 11) is 0. The number of benzene rings is 2. The number of carbonyl (C=O) groups excluding carboxylic acids is 2. The fourth-order valence-corrected chi connectivity index (χ4v) is 6.43. The number of nitrogens with one attached hydrogen (secondary N) is 1. The Kier molecular flexibility index (Phi) is 7.46. The summed E-state index contributed by atoms with van der Waals surface area (Å²) in [4.78, 5) is 27.4. The van der Waals surface area contributed by atoms with Crippen LogP contribution in [0.15, 0.2) is 75.5 Å². The number of carbonyl (C=O) groups is 2. The first-order chi connectivity index (χ1) is 18.9. The molecule has 3 aromatic rings. The van der Waals surface area contributed by atoms with Crippen molar-refractivity contribution in [1.82, 2.24) is 10.2 Å². The molecule has 1 amide bonds. The van der Waals surface area contributed by atoms with Crippen molar-refractivity contribution in [3.8, 4) is 12.1 Å². The van der Waals surface area contributed by atoms with E-state index in [2.05, 4.69) is 27.7 Å². The number of amides is 1. The van der Waals surface area contributed by atoms with Crippen LogP contribution in [-0.4, -0.2) is 27.6 Å². The molecule has 5 rings (SSSR count). The van der Waals surface area contributed by atoms with E-state index in [1.165, 1.54) is 23.1 Å². The first-order valence-electron chi connectivity index (χ1n) is 12.2. The van der Waals surface area contributed by atoms with Crippen LogP contribution in [0.5, 0.6) is 0 Å². The number of ketones is 1. The van der Waals surface area contributed by atoms with Gasteiger partial charge in [0.1, 0.15) is 11.9 Å². The van der Waals surface area contributed by atoms with E-state index in [9.17, 15) is 20.1 Å².